The monoisotopic (exact) mass is 311 g/mol. The summed E-state index contributed by atoms with van der Waals surface area (Å²) in [5.74, 6) is -0.898. The third-order valence-corrected chi connectivity index (χ3v) is 4.18. The first-order valence-electron chi connectivity index (χ1n) is 6.82. The van der Waals surface area contributed by atoms with Gasteiger partial charge in [0.2, 0.25) is 5.13 Å². The van der Waals surface area contributed by atoms with E-state index in [2.05, 4.69) is 21.2 Å². The highest BCUT2D eigenvalue weighted by Crippen LogP contribution is 2.26. The minimum atomic E-state index is -0.626. The molecule has 1 aromatic heterocycles. The van der Waals surface area contributed by atoms with Crippen LogP contribution in [-0.2, 0) is 4.74 Å². The lowest BCUT2D eigenvalue weighted by Gasteiger charge is -2.31. The molecule has 1 aliphatic rings. The highest BCUT2D eigenvalue weighted by molar-refractivity contribution is 7.09. The maximum absolute atomic E-state index is 13.3. The summed E-state index contributed by atoms with van der Waals surface area (Å²) in [5, 5.41) is 0.761. The van der Waals surface area contributed by atoms with Gasteiger partial charge >= 0.3 is 0 Å². The first kappa shape index (κ1) is 14.3. The average molecular weight is 311 g/mol. The van der Waals surface area contributed by atoms with Gasteiger partial charge in [-0.3, -0.25) is 0 Å². The Bertz CT molecular complexity index is 614. The van der Waals surface area contributed by atoms with Crippen LogP contribution >= 0.6 is 11.5 Å². The summed E-state index contributed by atoms with van der Waals surface area (Å²) >= 11 is 1.24. The van der Waals surface area contributed by atoms with Crippen molar-refractivity contribution in [3.63, 3.8) is 0 Å². The summed E-state index contributed by atoms with van der Waals surface area (Å²) in [6, 6.07) is 3.32. The van der Waals surface area contributed by atoms with E-state index in [0.29, 0.717) is 18.0 Å². The molecule has 2 heterocycles. The molecule has 0 bridgehead atoms. The van der Waals surface area contributed by atoms with Gasteiger partial charge in [-0.15, -0.1) is 0 Å². The first-order chi connectivity index (χ1) is 10.2. The molecule has 7 heteroatoms. The summed E-state index contributed by atoms with van der Waals surface area (Å²) < 4.78 is 36.3. The van der Waals surface area contributed by atoms with Crippen LogP contribution in [0.15, 0.2) is 18.2 Å². The number of ether oxygens (including phenoxy) is 1. The topological polar surface area (TPSA) is 38.2 Å². The Morgan fingerprint density at radius 2 is 2.10 bits per heavy atom. The molecule has 1 unspecified atom stereocenters. The van der Waals surface area contributed by atoms with E-state index >= 15 is 0 Å². The van der Waals surface area contributed by atoms with Gasteiger partial charge in [-0.2, -0.15) is 9.36 Å². The van der Waals surface area contributed by atoms with E-state index in [1.165, 1.54) is 23.7 Å². The van der Waals surface area contributed by atoms with E-state index in [4.69, 9.17) is 4.74 Å². The van der Waals surface area contributed by atoms with Gasteiger partial charge in [0.1, 0.15) is 11.6 Å². The van der Waals surface area contributed by atoms with E-state index in [1.807, 2.05) is 0 Å². The number of halogens is 2. The normalized spacial score (nSPS) is 19.0. The highest BCUT2D eigenvalue weighted by atomic mass is 32.1. The molecule has 3 rings (SSSR count). The van der Waals surface area contributed by atoms with Crippen molar-refractivity contribution < 1.29 is 13.5 Å². The number of anilines is 1. The Morgan fingerprint density at radius 1 is 1.33 bits per heavy atom. The molecule has 0 amide bonds. The molecule has 2 aromatic rings. The zero-order chi connectivity index (χ0) is 14.8. The van der Waals surface area contributed by atoms with Crippen LogP contribution in [0.4, 0.5) is 13.9 Å². The van der Waals surface area contributed by atoms with Crippen molar-refractivity contribution in [3.8, 4) is 11.4 Å². The van der Waals surface area contributed by atoms with E-state index in [-0.39, 0.29) is 6.10 Å². The fraction of sp³-hybridized carbons (Fsp3) is 0.429. The molecule has 0 N–H and O–H groups in total. The lowest BCUT2D eigenvalue weighted by Crippen LogP contribution is -2.42. The zero-order valence-electron chi connectivity index (χ0n) is 11.6. The molecule has 0 spiro atoms. The molecule has 0 radical (unpaired) electrons. The van der Waals surface area contributed by atoms with Crippen LogP contribution in [0.1, 0.15) is 13.3 Å². The number of nitrogens with zero attached hydrogens (tertiary/aromatic N) is 3. The van der Waals surface area contributed by atoms with Crippen LogP contribution in [0, 0.1) is 11.6 Å². The highest BCUT2D eigenvalue weighted by Gasteiger charge is 2.22. The van der Waals surface area contributed by atoms with Gasteiger partial charge in [-0.25, -0.2) is 8.78 Å². The van der Waals surface area contributed by atoms with Crippen molar-refractivity contribution in [2.24, 2.45) is 0 Å². The molecule has 1 aliphatic heterocycles. The fourth-order valence-electron chi connectivity index (χ4n) is 2.28. The smallest absolute Gasteiger partial charge is 0.205 e. The van der Waals surface area contributed by atoms with Gasteiger partial charge in [-0.1, -0.05) is 6.92 Å². The van der Waals surface area contributed by atoms with Crippen molar-refractivity contribution >= 4 is 16.7 Å². The molecule has 1 atom stereocenters. The predicted molar refractivity (Wildman–Crippen MR) is 77.5 cm³/mol. The summed E-state index contributed by atoms with van der Waals surface area (Å²) in [7, 11) is 0. The number of benzene rings is 1. The molecule has 21 heavy (non-hydrogen) atoms. The third-order valence-electron chi connectivity index (χ3n) is 3.40. The SMILES string of the molecule is CCC1CN(c2nc(-c3cc(F)cc(F)c3)ns2)CCO1. The van der Waals surface area contributed by atoms with Crippen LogP contribution in [0.3, 0.4) is 0 Å². The van der Waals surface area contributed by atoms with Gasteiger partial charge in [0, 0.05) is 36.3 Å². The fourth-order valence-corrected chi connectivity index (χ4v) is 3.01. The Kier molecular flexibility index (Phi) is 4.12. The second-order valence-corrected chi connectivity index (χ2v) is 5.64. The lowest BCUT2D eigenvalue weighted by molar-refractivity contribution is 0.0384. The standard InChI is InChI=1S/C14H15F2N3OS/c1-2-12-8-19(3-4-20-12)14-17-13(18-21-14)9-5-10(15)7-11(16)6-9/h5-7,12H,2-4,8H2,1H3. The molecule has 1 fully saturated rings. The van der Waals surface area contributed by atoms with Crippen molar-refractivity contribution in [1.29, 1.82) is 0 Å². The summed E-state index contributed by atoms with van der Waals surface area (Å²) in [4.78, 5) is 6.51. The second-order valence-electron chi connectivity index (χ2n) is 4.91. The molecular formula is C14H15F2N3OS. The molecule has 0 saturated carbocycles. The zero-order valence-corrected chi connectivity index (χ0v) is 12.4. The predicted octanol–water partition coefficient (Wildman–Crippen LogP) is 3.10. The van der Waals surface area contributed by atoms with Crippen molar-refractivity contribution in [2.75, 3.05) is 24.6 Å². The van der Waals surface area contributed by atoms with Gasteiger partial charge in [0.05, 0.1) is 12.7 Å². The Morgan fingerprint density at radius 3 is 2.81 bits per heavy atom. The molecular weight excluding hydrogens is 296 g/mol. The summed E-state index contributed by atoms with van der Waals surface area (Å²) in [6.45, 7) is 4.25. The summed E-state index contributed by atoms with van der Waals surface area (Å²) in [5.41, 5.74) is 0.357. The average Bonchev–Trinajstić information content (AvgIpc) is 2.96. The van der Waals surface area contributed by atoms with Crippen molar-refractivity contribution in [1.82, 2.24) is 9.36 Å². The Hall–Kier alpha value is -1.60. The number of rotatable bonds is 3. The minimum Gasteiger partial charge on any atom is -0.375 e. The first-order valence-corrected chi connectivity index (χ1v) is 7.59. The van der Waals surface area contributed by atoms with Crippen molar-refractivity contribution in [3.05, 3.63) is 29.8 Å². The van der Waals surface area contributed by atoms with Crippen LogP contribution in [0.2, 0.25) is 0 Å². The lowest BCUT2D eigenvalue weighted by atomic mass is 10.2. The van der Waals surface area contributed by atoms with Gasteiger partial charge < -0.3 is 9.64 Å². The Balaban J connectivity index is 1.82. The van der Waals surface area contributed by atoms with E-state index in [1.54, 1.807) is 0 Å². The number of hydrogen-bond acceptors (Lipinski definition) is 5. The van der Waals surface area contributed by atoms with E-state index in [9.17, 15) is 8.78 Å². The number of hydrogen-bond donors (Lipinski definition) is 0. The molecule has 112 valence electrons. The molecule has 4 nitrogen and oxygen atoms in total. The maximum atomic E-state index is 13.3. The van der Waals surface area contributed by atoms with Crippen LogP contribution in [0.25, 0.3) is 11.4 Å². The minimum absolute atomic E-state index is 0.192. The maximum Gasteiger partial charge on any atom is 0.205 e. The van der Waals surface area contributed by atoms with Gasteiger partial charge in [0.15, 0.2) is 5.82 Å². The third kappa shape index (κ3) is 3.19. The van der Waals surface area contributed by atoms with Crippen molar-refractivity contribution in [2.45, 2.75) is 19.4 Å². The van der Waals surface area contributed by atoms with Gasteiger partial charge in [0.25, 0.3) is 0 Å². The van der Waals surface area contributed by atoms with Crippen LogP contribution in [-0.4, -0.2) is 35.2 Å². The molecule has 1 saturated heterocycles. The molecule has 0 aliphatic carbocycles. The van der Waals surface area contributed by atoms with Gasteiger partial charge in [-0.05, 0) is 18.6 Å². The van der Waals surface area contributed by atoms with E-state index < -0.39 is 11.6 Å². The Labute approximate surface area is 125 Å². The van der Waals surface area contributed by atoms with E-state index in [0.717, 1.165) is 30.7 Å². The number of aromatic nitrogens is 2. The molecule has 1 aromatic carbocycles. The summed E-state index contributed by atoms with van der Waals surface area (Å²) in [6.07, 6.45) is 1.13. The van der Waals surface area contributed by atoms with Crippen LogP contribution in [0.5, 0.6) is 0 Å². The second kappa shape index (κ2) is 6.03. The number of morpholine rings is 1. The van der Waals surface area contributed by atoms with Crippen LogP contribution < -0.4 is 4.90 Å². The quantitative estimate of drug-likeness (QED) is 0.873. The largest absolute Gasteiger partial charge is 0.375 e.